The van der Waals surface area contributed by atoms with Crippen molar-refractivity contribution in [2.75, 3.05) is 0 Å². The molecule has 0 unspecified atom stereocenters. The van der Waals surface area contributed by atoms with Crippen molar-refractivity contribution in [3.8, 4) is 0 Å². The first-order chi connectivity index (χ1) is 1.41. The molecule has 0 amide bonds. The van der Waals surface area contributed by atoms with Gasteiger partial charge in [0.15, 0.2) is 0 Å². The molecule has 0 radical (unpaired) electrons. The van der Waals surface area contributed by atoms with Gasteiger partial charge in [-0.2, -0.15) is 0 Å². The van der Waals surface area contributed by atoms with E-state index in [9.17, 15) is 5.91 Å². The van der Waals surface area contributed by atoms with Gasteiger partial charge in [-0.3, -0.25) is 0 Å². The van der Waals surface area contributed by atoms with Gasteiger partial charge >= 0.3 is 51.0 Å². The Kier molecular flexibility index (Phi) is 20.2. The Labute approximate surface area is 56.4 Å². The van der Waals surface area contributed by atoms with Crippen LogP contribution in [0, 0.1) is 0 Å². The van der Waals surface area contributed by atoms with Crippen LogP contribution < -0.4 is 0 Å². The summed E-state index contributed by atoms with van der Waals surface area (Å²) in [7, 11) is 0. The molecule has 0 saturated carbocycles. The van der Waals surface area contributed by atoms with Crippen LogP contribution in [-0.2, 0) is 0 Å². The second kappa shape index (κ2) is 8.82. The van der Waals surface area contributed by atoms with Crippen molar-refractivity contribution in [3.63, 3.8) is 0 Å². The third-order valence-electron chi connectivity index (χ3n) is 0. The fourth-order valence-electron chi connectivity index (χ4n) is 0. The van der Waals surface area contributed by atoms with Crippen LogP contribution in [0.2, 0.25) is 0 Å². The summed E-state index contributed by atoms with van der Waals surface area (Å²) >= 11 is -2.58. The van der Waals surface area contributed by atoms with E-state index in [1.54, 1.807) is 0 Å². The fourth-order valence-corrected chi connectivity index (χ4v) is 0. The second-order valence-electron chi connectivity index (χ2n) is 0.101. The molecule has 4 heteroatoms. The molecule has 0 aromatic rings. The molecule has 0 nitrogen and oxygen atoms in total. The maximum atomic E-state index is 9.76. The molecular weight excluding hydrogens is 85.3 g/mol. The maximum absolute atomic E-state index is 9.76. The van der Waals surface area contributed by atoms with E-state index < -0.39 is 21.5 Å². The van der Waals surface area contributed by atoms with Crippen molar-refractivity contribution in [2.45, 2.75) is 0 Å². The van der Waals surface area contributed by atoms with E-state index >= 15 is 0 Å². The average molecular weight is 86.3 g/mol. The number of hydrogen-bond acceptors (Lipinski definition) is 0. The van der Waals surface area contributed by atoms with Crippen molar-refractivity contribution in [1.82, 2.24) is 0 Å². The third-order valence-corrected chi connectivity index (χ3v) is 0. The molecule has 0 aliphatic heterocycles. The normalized spacial score (nSPS) is 2.50. The molecular formula is HF2MgNa. The third kappa shape index (κ3) is 9.46. The zero-order chi connectivity index (χ0) is 2.71. The van der Waals surface area contributed by atoms with E-state index in [0.29, 0.717) is 0 Å². The van der Waals surface area contributed by atoms with Crippen LogP contribution in [0.5, 0.6) is 0 Å². The van der Waals surface area contributed by atoms with Crippen LogP contribution in [0.15, 0.2) is 0 Å². The minimum atomic E-state index is -2.58. The van der Waals surface area contributed by atoms with Crippen LogP contribution in [0.4, 0.5) is 5.91 Å². The van der Waals surface area contributed by atoms with Gasteiger partial charge in [0, 0.05) is 0 Å². The van der Waals surface area contributed by atoms with Gasteiger partial charge in [0.25, 0.3) is 0 Å². The number of hydrogen-bond donors (Lipinski definition) is 0. The molecule has 0 aliphatic rings. The van der Waals surface area contributed by atoms with Crippen LogP contribution >= 0.6 is 0 Å². The number of halogens is 2. The van der Waals surface area contributed by atoms with Gasteiger partial charge in [-0.15, -0.1) is 0 Å². The average Bonchev–Trinajstić information content (AvgIpc) is 0.918. The number of rotatable bonds is 0. The van der Waals surface area contributed by atoms with E-state index in [1.165, 1.54) is 0 Å². The zero-order valence-corrected chi connectivity index (χ0v) is 2.88. The summed E-state index contributed by atoms with van der Waals surface area (Å²) in [5.74, 6) is 0. The Hall–Kier alpha value is 1.63. The molecule has 0 N–H and O–H groups in total. The Balaban J connectivity index is 0. The topological polar surface area (TPSA) is 0 Å². The molecule has 0 heterocycles. The van der Waals surface area contributed by atoms with E-state index in [4.69, 9.17) is 0 Å². The molecule has 0 saturated heterocycles. The summed E-state index contributed by atoms with van der Waals surface area (Å²) in [4.78, 5) is 0. The Morgan fingerprint density at radius 3 is 1.25 bits per heavy atom. The SMILES string of the molecule is [F][Mg][F].[NaH]. The van der Waals surface area contributed by atoms with Gasteiger partial charge in [-0.05, 0) is 0 Å². The van der Waals surface area contributed by atoms with E-state index in [-0.39, 0.29) is 29.6 Å². The first-order valence-electron chi connectivity index (χ1n) is 0.535. The Morgan fingerprint density at radius 2 is 1.25 bits per heavy atom. The molecule has 18 valence electrons. The molecule has 0 aromatic heterocycles. The Morgan fingerprint density at radius 1 is 1.25 bits per heavy atom. The molecule has 0 rings (SSSR count). The van der Waals surface area contributed by atoms with E-state index in [2.05, 4.69) is 0 Å². The van der Waals surface area contributed by atoms with Crippen molar-refractivity contribution < 1.29 is 5.91 Å². The van der Waals surface area contributed by atoms with Crippen LogP contribution in [0.3, 0.4) is 0 Å². The first-order valence-corrected chi connectivity index (χ1v) is 1.60. The summed E-state index contributed by atoms with van der Waals surface area (Å²) in [6.07, 6.45) is 0. The van der Waals surface area contributed by atoms with Crippen molar-refractivity contribution in [2.24, 2.45) is 0 Å². The molecule has 0 spiro atoms. The Bertz CT molecular complexity index is 6.00. The summed E-state index contributed by atoms with van der Waals surface area (Å²) in [6.45, 7) is 0. The van der Waals surface area contributed by atoms with Crippen LogP contribution in [0.25, 0.3) is 0 Å². The molecule has 0 aliphatic carbocycles. The van der Waals surface area contributed by atoms with Gasteiger partial charge in [0.05, 0.1) is 0 Å². The summed E-state index contributed by atoms with van der Waals surface area (Å²) in [5.41, 5.74) is 0. The van der Waals surface area contributed by atoms with Crippen molar-refractivity contribution >= 4 is 51.0 Å². The van der Waals surface area contributed by atoms with Crippen LogP contribution in [0.1, 0.15) is 0 Å². The predicted octanol–water partition coefficient (Wildman–Crippen LogP) is -0.189. The van der Waals surface area contributed by atoms with Gasteiger partial charge in [0.2, 0.25) is 0 Å². The van der Waals surface area contributed by atoms with Crippen molar-refractivity contribution in [1.29, 1.82) is 0 Å². The summed E-state index contributed by atoms with van der Waals surface area (Å²) in [5, 5.41) is 0. The van der Waals surface area contributed by atoms with E-state index in [0.717, 1.165) is 0 Å². The monoisotopic (exact) mass is 86.0 g/mol. The summed E-state index contributed by atoms with van der Waals surface area (Å²) in [6, 6.07) is 0. The molecule has 0 fully saturated rings. The van der Waals surface area contributed by atoms with E-state index in [1.807, 2.05) is 0 Å². The van der Waals surface area contributed by atoms with Crippen LogP contribution in [-0.4, -0.2) is 51.0 Å². The van der Waals surface area contributed by atoms with Gasteiger partial charge in [-0.25, -0.2) is 0 Å². The molecule has 0 bridgehead atoms. The van der Waals surface area contributed by atoms with Crippen molar-refractivity contribution in [3.05, 3.63) is 0 Å². The first kappa shape index (κ1) is 9.16. The van der Waals surface area contributed by atoms with Gasteiger partial charge in [0.1, 0.15) is 0 Å². The molecule has 0 aromatic carbocycles. The molecule has 4 heavy (non-hydrogen) atoms. The predicted molar refractivity (Wildman–Crippen MR) is 15.1 cm³/mol. The minimum absolute atomic E-state index is 0. The standard InChI is InChI=1S/2FH.Mg.Na.H/h2*1H;;;/q;;+2;;/p-2. The van der Waals surface area contributed by atoms with Gasteiger partial charge in [-0.1, -0.05) is 0 Å². The zero-order valence-electron chi connectivity index (χ0n) is 1.46. The van der Waals surface area contributed by atoms with Gasteiger partial charge < -0.3 is 5.91 Å². The second-order valence-corrected chi connectivity index (χ2v) is 0.303. The quantitative estimate of drug-likeness (QED) is 0.359. The molecule has 0 atom stereocenters. The summed E-state index contributed by atoms with van der Waals surface area (Å²) < 4.78 is 19.5. The fraction of sp³-hybridized carbons (Fsp3) is 0.